The number of rotatable bonds is 2. The van der Waals surface area contributed by atoms with E-state index < -0.39 is 0 Å². The van der Waals surface area contributed by atoms with Crippen molar-refractivity contribution in [1.29, 1.82) is 0 Å². The highest BCUT2D eigenvalue weighted by Gasteiger charge is 2.19. The van der Waals surface area contributed by atoms with E-state index in [1.54, 1.807) is 31.9 Å². The van der Waals surface area contributed by atoms with Gasteiger partial charge in [-0.15, -0.1) is 0 Å². The molecule has 0 aliphatic carbocycles. The quantitative estimate of drug-likeness (QED) is 0.510. The van der Waals surface area contributed by atoms with E-state index in [2.05, 4.69) is 0 Å². The summed E-state index contributed by atoms with van der Waals surface area (Å²) in [6.07, 6.45) is 0. The Hall–Kier alpha value is -3.41. The van der Waals surface area contributed by atoms with Crippen LogP contribution in [0.3, 0.4) is 0 Å². The Labute approximate surface area is 154 Å². The van der Waals surface area contributed by atoms with E-state index in [0.29, 0.717) is 22.6 Å². The van der Waals surface area contributed by atoms with Crippen molar-refractivity contribution in [2.24, 2.45) is 7.05 Å². The minimum atomic E-state index is -0.0939. The molecule has 3 aromatic carbocycles. The number of benzene rings is 3. The molecule has 4 aromatic rings. The average molecular weight is 363 g/mol. The van der Waals surface area contributed by atoms with E-state index in [4.69, 9.17) is 18.9 Å². The molecule has 6 heteroatoms. The molecular formula is C21H17NO5. The third kappa shape index (κ3) is 2.10. The molecule has 0 saturated heterocycles. The lowest BCUT2D eigenvalue weighted by Gasteiger charge is -2.15. The van der Waals surface area contributed by atoms with Crippen LogP contribution in [0.2, 0.25) is 0 Å². The maximum absolute atomic E-state index is 13.1. The normalized spacial score (nSPS) is 12.9. The van der Waals surface area contributed by atoms with Crippen molar-refractivity contribution in [2.45, 2.75) is 0 Å². The summed E-state index contributed by atoms with van der Waals surface area (Å²) in [4.78, 5) is 13.1. The summed E-state index contributed by atoms with van der Waals surface area (Å²) < 4.78 is 23.5. The van der Waals surface area contributed by atoms with Crippen LogP contribution in [0.15, 0.2) is 41.2 Å². The molecule has 0 radical (unpaired) electrons. The molecule has 0 unspecified atom stereocenters. The van der Waals surface area contributed by atoms with E-state index in [1.807, 2.05) is 30.3 Å². The summed E-state index contributed by atoms with van der Waals surface area (Å²) in [5.41, 5.74) is 0.749. The summed E-state index contributed by atoms with van der Waals surface area (Å²) >= 11 is 0. The first kappa shape index (κ1) is 15.8. The molecule has 0 N–H and O–H groups in total. The molecule has 0 atom stereocenters. The van der Waals surface area contributed by atoms with Crippen molar-refractivity contribution in [2.75, 3.05) is 21.0 Å². The molecular weight excluding hydrogens is 346 g/mol. The number of hydrogen-bond acceptors (Lipinski definition) is 5. The number of aromatic nitrogens is 1. The highest BCUT2D eigenvalue weighted by atomic mass is 16.7. The molecule has 27 heavy (non-hydrogen) atoms. The van der Waals surface area contributed by atoms with Crippen LogP contribution >= 0.6 is 0 Å². The van der Waals surface area contributed by atoms with Gasteiger partial charge in [0, 0.05) is 23.2 Å². The van der Waals surface area contributed by atoms with Gasteiger partial charge in [0.15, 0.2) is 23.0 Å². The number of nitrogens with zero attached hydrogens (tertiary/aromatic N) is 1. The molecule has 6 nitrogen and oxygen atoms in total. The molecule has 0 saturated carbocycles. The number of ether oxygens (including phenoxy) is 4. The van der Waals surface area contributed by atoms with Crippen LogP contribution in [0.4, 0.5) is 0 Å². The molecule has 1 aliphatic rings. The molecule has 136 valence electrons. The zero-order chi connectivity index (χ0) is 18.7. The SMILES string of the molecule is COc1cc2c(=O)n(C)c3c4cc5c(cc4ccc3c2cc1OC)OCO5. The fourth-order valence-corrected chi connectivity index (χ4v) is 3.84. The average Bonchev–Trinajstić information content (AvgIpc) is 3.15. The summed E-state index contributed by atoms with van der Waals surface area (Å²) in [5, 5.41) is 4.29. The second-order valence-electron chi connectivity index (χ2n) is 6.51. The van der Waals surface area contributed by atoms with Gasteiger partial charge in [-0.05, 0) is 29.7 Å². The van der Waals surface area contributed by atoms with Gasteiger partial charge in [0.05, 0.1) is 25.1 Å². The summed E-state index contributed by atoms with van der Waals surface area (Å²) in [7, 11) is 4.93. The summed E-state index contributed by atoms with van der Waals surface area (Å²) in [6, 6.07) is 11.5. The van der Waals surface area contributed by atoms with Crippen molar-refractivity contribution < 1.29 is 18.9 Å². The number of methoxy groups -OCH3 is 2. The predicted octanol–water partition coefficient (Wildman–Crippen LogP) is 3.59. The molecule has 5 rings (SSSR count). The Balaban J connectivity index is 1.99. The standard InChI is InChI=1S/C21H17NO5/c1-22-20-12(5-4-11-6-18-19(7-13(11)20)27-10-26-18)14-8-16(24-2)17(25-3)9-15(14)21(22)23/h4-9H,10H2,1-3H3. The van der Waals surface area contributed by atoms with Gasteiger partial charge in [-0.1, -0.05) is 12.1 Å². The van der Waals surface area contributed by atoms with Gasteiger partial charge in [-0.3, -0.25) is 4.79 Å². The maximum Gasteiger partial charge on any atom is 0.258 e. The van der Waals surface area contributed by atoms with Crippen LogP contribution in [0.5, 0.6) is 23.0 Å². The third-order valence-corrected chi connectivity index (χ3v) is 5.17. The van der Waals surface area contributed by atoms with Gasteiger partial charge in [0.1, 0.15) is 0 Å². The van der Waals surface area contributed by atoms with Crippen molar-refractivity contribution in [3.63, 3.8) is 0 Å². The van der Waals surface area contributed by atoms with Crippen molar-refractivity contribution in [3.05, 3.63) is 46.8 Å². The molecule has 0 amide bonds. The van der Waals surface area contributed by atoms with Gasteiger partial charge in [-0.2, -0.15) is 0 Å². The van der Waals surface area contributed by atoms with E-state index in [-0.39, 0.29) is 12.4 Å². The molecule has 0 bridgehead atoms. The highest BCUT2D eigenvalue weighted by Crippen LogP contribution is 2.40. The molecule has 2 heterocycles. The fraction of sp³-hybridized carbons (Fsp3) is 0.190. The van der Waals surface area contributed by atoms with Crippen LogP contribution in [0.1, 0.15) is 0 Å². The first-order valence-corrected chi connectivity index (χ1v) is 8.53. The second kappa shape index (κ2) is 5.54. The Bertz CT molecular complexity index is 1310. The minimum absolute atomic E-state index is 0.0939. The largest absolute Gasteiger partial charge is 0.493 e. The minimum Gasteiger partial charge on any atom is -0.493 e. The Morgan fingerprint density at radius 2 is 1.52 bits per heavy atom. The first-order chi connectivity index (χ1) is 13.1. The third-order valence-electron chi connectivity index (χ3n) is 5.17. The van der Waals surface area contributed by atoms with Gasteiger partial charge in [-0.25, -0.2) is 0 Å². The van der Waals surface area contributed by atoms with Crippen molar-refractivity contribution in [1.82, 2.24) is 4.57 Å². The van der Waals surface area contributed by atoms with Gasteiger partial charge >= 0.3 is 0 Å². The monoisotopic (exact) mass is 363 g/mol. The zero-order valence-electron chi connectivity index (χ0n) is 15.2. The Kier molecular flexibility index (Phi) is 3.25. The van der Waals surface area contributed by atoms with Crippen LogP contribution in [0.25, 0.3) is 32.4 Å². The van der Waals surface area contributed by atoms with Gasteiger partial charge < -0.3 is 23.5 Å². The van der Waals surface area contributed by atoms with Crippen LogP contribution in [-0.4, -0.2) is 25.6 Å². The van der Waals surface area contributed by atoms with Crippen LogP contribution < -0.4 is 24.5 Å². The summed E-state index contributed by atoms with van der Waals surface area (Å²) in [5.74, 6) is 2.53. The molecule has 1 aromatic heterocycles. The van der Waals surface area contributed by atoms with E-state index in [1.165, 1.54) is 0 Å². The van der Waals surface area contributed by atoms with E-state index in [9.17, 15) is 4.79 Å². The topological polar surface area (TPSA) is 58.9 Å². The lowest BCUT2D eigenvalue weighted by molar-refractivity contribution is 0.174. The lowest BCUT2D eigenvalue weighted by atomic mass is 10.00. The Morgan fingerprint density at radius 1 is 0.852 bits per heavy atom. The molecule has 0 spiro atoms. The Morgan fingerprint density at radius 3 is 2.22 bits per heavy atom. The van der Waals surface area contributed by atoms with Crippen LogP contribution in [0, 0.1) is 0 Å². The summed E-state index contributed by atoms with van der Waals surface area (Å²) in [6.45, 7) is 0.211. The van der Waals surface area contributed by atoms with Gasteiger partial charge in [0.25, 0.3) is 5.56 Å². The first-order valence-electron chi connectivity index (χ1n) is 8.53. The van der Waals surface area contributed by atoms with Crippen molar-refractivity contribution in [3.8, 4) is 23.0 Å². The molecule has 0 fully saturated rings. The van der Waals surface area contributed by atoms with Crippen molar-refractivity contribution >= 4 is 32.4 Å². The molecule has 1 aliphatic heterocycles. The number of aryl methyl sites for hydroxylation is 1. The van der Waals surface area contributed by atoms with E-state index in [0.717, 1.165) is 32.8 Å². The number of hydrogen-bond donors (Lipinski definition) is 0. The lowest BCUT2D eigenvalue weighted by Crippen LogP contribution is -2.17. The number of fused-ring (bicyclic) bond motifs is 6. The van der Waals surface area contributed by atoms with E-state index >= 15 is 0 Å². The predicted molar refractivity (Wildman–Crippen MR) is 103 cm³/mol. The highest BCUT2D eigenvalue weighted by molar-refractivity contribution is 6.16. The van der Waals surface area contributed by atoms with Crippen LogP contribution in [-0.2, 0) is 7.05 Å². The fourth-order valence-electron chi connectivity index (χ4n) is 3.84. The maximum atomic E-state index is 13.1. The second-order valence-corrected chi connectivity index (χ2v) is 6.51. The number of pyridine rings is 1. The smallest absolute Gasteiger partial charge is 0.258 e. The van der Waals surface area contributed by atoms with Gasteiger partial charge in [0.2, 0.25) is 6.79 Å². The zero-order valence-corrected chi connectivity index (χ0v) is 15.2.